The Kier molecular flexibility index (Phi) is 3.84. The summed E-state index contributed by atoms with van der Waals surface area (Å²) >= 11 is 0. The molecule has 1 heterocycles. The molecule has 1 aliphatic carbocycles. The van der Waals surface area contributed by atoms with Crippen molar-refractivity contribution >= 4 is 15.7 Å². The molecule has 0 amide bonds. The molecule has 7 heteroatoms. The fraction of sp³-hybridized carbons (Fsp3) is 0.267. The zero-order chi connectivity index (χ0) is 15.7. The fourth-order valence-electron chi connectivity index (χ4n) is 2.54. The SMILES string of the molecule is NS(=O)(=O)c1ccc(C2CC2CNc2cncc(F)c2)cc1. The van der Waals surface area contributed by atoms with Crippen molar-refractivity contribution < 1.29 is 12.8 Å². The molecule has 3 rings (SSSR count). The van der Waals surface area contributed by atoms with Gasteiger partial charge in [0, 0.05) is 12.6 Å². The van der Waals surface area contributed by atoms with Crippen molar-refractivity contribution in [3.63, 3.8) is 0 Å². The fourth-order valence-corrected chi connectivity index (χ4v) is 3.06. The number of nitrogens with zero attached hydrogens (tertiary/aromatic N) is 1. The molecule has 2 atom stereocenters. The normalized spacial score (nSPS) is 20.6. The number of pyridine rings is 1. The molecule has 22 heavy (non-hydrogen) atoms. The van der Waals surface area contributed by atoms with Crippen LogP contribution in [0.4, 0.5) is 10.1 Å². The largest absolute Gasteiger partial charge is 0.383 e. The molecule has 2 unspecified atom stereocenters. The predicted octanol–water partition coefficient (Wildman–Crippen LogP) is 2.08. The highest BCUT2D eigenvalue weighted by Gasteiger charge is 2.37. The summed E-state index contributed by atoms with van der Waals surface area (Å²) < 4.78 is 35.4. The maximum Gasteiger partial charge on any atom is 0.238 e. The van der Waals surface area contributed by atoms with Gasteiger partial charge >= 0.3 is 0 Å². The number of rotatable bonds is 5. The molecule has 2 aromatic rings. The Morgan fingerprint density at radius 2 is 2.00 bits per heavy atom. The molecule has 0 saturated heterocycles. The number of hydrogen-bond donors (Lipinski definition) is 2. The zero-order valence-corrected chi connectivity index (χ0v) is 12.6. The molecule has 1 aromatic carbocycles. The van der Waals surface area contributed by atoms with Crippen LogP contribution in [-0.4, -0.2) is 19.9 Å². The quantitative estimate of drug-likeness (QED) is 0.883. The molecule has 0 radical (unpaired) electrons. The van der Waals surface area contributed by atoms with Crippen molar-refractivity contribution in [3.8, 4) is 0 Å². The van der Waals surface area contributed by atoms with Crippen molar-refractivity contribution in [1.82, 2.24) is 4.98 Å². The number of nitrogens with two attached hydrogens (primary N) is 1. The van der Waals surface area contributed by atoms with E-state index in [0.717, 1.165) is 24.7 Å². The van der Waals surface area contributed by atoms with Crippen LogP contribution in [0.3, 0.4) is 0 Å². The highest BCUT2D eigenvalue weighted by atomic mass is 32.2. The molecule has 3 N–H and O–H groups in total. The molecule has 0 aliphatic heterocycles. The number of anilines is 1. The molecule has 1 aliphatic rings. The number of primary sulfonamides is 1. The van der Waals surface area contributed by atoms with Crippen LogP contribution in [0, 0.1) is 11.7 Å². The first-order chi connectivity index (χ1) is 10.4. The summed E-state index contributed by atoms with van der Waals surface area (Å²) in [4.78, 5) is 3.91. The first-order valence-electron chi connectivity index (χ1n) is 6.90. The predicted molar refractivity (Wildman–Crippen MR) is 81.3 cm³/mol. The topological polar surface area (TPSA) is 85.1 Å². The number of aromatic nitrogens is 1. The van der Waals surface area contributed by atoms with Crippen LogP contribution >= 0.6 is 0 Å². The lowest BCUT2D eigenvalue weighted by molar-refractivity contribution is 0.597. The molecule has 0 bridgehead atoms. The van der Waals surface area contributed by atoms with Gasteiger partial charge in [-0.1, -0.05) is 12.1 Å². The van der Waals surface area contributed by atoms with Gasteiger partial charge in [0.05, 0.1) is 23.0 Å². The van der Waals surface area contributed by atoms with Crippen LogP contribution in [-0.2, 0) is 10.0 Å². The van der Waals surface area contributed by atoms with Crippen molar-refractivity contribution in [1.29, 1.82) is 0 Å². The molecule has 1 fully saturated rings. The van der Waals surface area contributed by atoms with Crippen molar-refractivity contribution in [2.45, 2.75) is 17.2 Å². The minimum absolute atomic E-state index is 0.123. The Bertz CT molecular complexity index is 778. The monoisotopic (exact) mass is 321 g/mol. The Hall–Kier alpha value is -1.99. The maximum atomic E-state index is 13.0. The Morgan fingerprint density at radius 1 is 1.27 bits per heavy atom. The average molecular weight is 321 g/mol. The van der Waals surface area contributed by atoms with Crippen molar-refractivity contribution in [3.05, 3.63) is 54.1 Å². The van der Waals surface area contributed by atoms with Gasteiger partial charge in [-0.15, -0.1) is 0 Å². The van der Waals surface area contributed by atoms with Gasteiger partial charge in [-0.25, -0.2) is 17.9 Å². The molecule has 0 spiro atoms. The molecule has 1 saturated carbocycles. The maximum absolute atomic E-state index is 13.0. The van der Waals surface area contributed by atoms with Gasteiger partial charge < -0.3 is 5.32 Å². The Labute approximate surface area is 128 Å². The van der Waals surface area contributed by atoms with E-state index in [-0.39, 0.29) is 10.7 Å². The number of benzene rings is 1. The number of halogens is 1. The van der Waals surface area contributed by atoms with E-state index in [2.05, 4.69) is 10.3 Å². The molecular weight excluding hydrogens is 305 g/mol. The standard InChI is InChI=1S/C15H16FN3O2S/c16-12-6-13(9-18-8-12)19-7-11-5-15(11)10-1-3-14(4-2-10)22(17,20)21/h1-4,6,8-9,11,15,19H,5,7H2,(H2,17,20,21). The number of hydrogen-bond acceptors (Lipinski definition) is 4. The summed E-state index contributed by atoms with van der Waals surface area (Å²) in [5, 5.41) is 8.24. The minimum Gasteiger partial charge on any atom is -0.383 e. The third kappa shape index (κ3) is 3.42. The van der Waals surface area contributed by atoms with Crippen LogP contribution in [0.15, 0.2) is 47.6 Å². The van der Waals surface area contributed by atoms with Crippen LogP contribution in [0.5, 0.6) is 0 Å². The Morgan fingerprint density at radius 3 is 2.64 bits per heavy atom. The summed E-state index contributed by atoms with van der Waals surface area (Å²) in [6.07, 6.45) is 3.77. The molecular formula is C15H16FN3O2S. The minimum atomic E-state index is -3.64. The van der Waals surface area contributed by atoms with E-state index in [1.54, 1.807) is 18.3 Å². The van der Waals surface area contributed by atoms with Gasteiger partial charge in [0.25, 0.3) is 0 Å². The van der Waals surface area contributed by atoms with Gasteiger partial charge in [-0.2, -0.15) is 0 Å². The lowest BCUT2D eigenvalue weighted by atomic mass is 10.1. The van der Waals surface area contributed by atoms with E-state index in [1.807, 2.05) is 0 Å². The van der Waals surface area contributed by atoms with Gasteiger partial charge in [0.2, 0.25) is 10.0 Å². The second-order valence-corrected chi connectivity index (χ2v) is 7.05. The second kappa shape index (κ2) is 5.66. The van der Waals surface area contributed by atoms with Gasteiger partial charge in [0.1, 0.15) is 5.82 Å². The number of nitrogens with one attached hydrogen (secondary N) is 1. The molecule has 116 valence electrons. The second-order valence-electron chi connectivity index (χ2n) is 5.49. The number of sulfonamides is 1. The van der Waals surface area contributed by atoms with E-state index in [0.29, 0.717) is 17.5 Å². The lowest BCUT2D eigenvalue weighted by Gasteiger charge is -2.06. The van der Waals surface area contributed by atoms with Crippen molar-refractivity contribution in [2.75, 3.05) is 11.9 Å². The zero-order valence-electron chi connectivity index (χ0n) is 11.7. The van der Waals surface area contributed by atoms with Gasteiger partial charge in [-0.05, 0) is 36.0 Å². The Balaban J connectivity index is 1.58. The summed E-state index contributed by atoms with van der Waals surface area (Å²) in [5.74, 6) is 0.475. The summed E-state index contributed by atoms with van der Waals surface area (Å²) in [5.41, 5.74) is 1.76. The summed E-state index contributed by atoms with van der Waals surface area (Å²) in [7, 11) is -3.64. The molecule has 1 aromatic heterocycles. The first-order valence-corrected chi connectivity index (χ1v) is 8.45. The van der Waals surface area contributed by atoms with E-state index in [1.165, 1.54) is 18.2 Å². The first kappa shape index (κ1) is 14.9. The summed E-state index contributed by atoms with van der Waals surface area (Å²) in [6.45, 7) is 0.729. The summed E-state index contributed by atoms with van der Waals surface area (Å²) in [6, 6.07) is 8.07. The third-order valence-electron chi connectivity index (χ3n) is 3.83. The van der Waals surface area contributed by atoms with Crippen LogP contribution < -0.4 is 10.5 Å². The lowest BCUT2D eigenvalue weighted by Crippen LogP contribution is -2.11. The van der Waals surface area contributed by atoms with Crippen molar-refractivity contribution in [2.24, 2.45) is 11.1 Å². The van der Waals surface area contributed by atoms with E-state index >= 15 is 0 Å². The van der Waals surface area contributed by atoms with Crippen LogP contribution in [0.25, 0.3) is 0 Å². The van der Waals surface area contributed by atoms with E-state index in [4.69, 9.17) is 5.14 Å². The molecule has 5 nitrogen and oxygen atoms in total. The highest BCUT2D eigenvalue weighted by Crippen LogP contribution is 2.47. The smallest absolute Gasteiger partial charge is 0.238 e. The third-order valence-corrected chi connectivity index (χ3v) is 4.76. The van der Waals surface area contributed by atoms with E-state index < -0.39 is 10.0 Å². The average Bonchev–Trinajstić information content (AvgIpc) is 3.24. The van der Waals surface area contributed by atoms with Crippen LogP contribution in [0.2, 0.25) is 0 Å². The van der Waals surface area contributed by atoms with Crippen LogP contribution in [0.1, 0.15) is 17.9 Å². The van der Waals surface area contributed by atoms with Gasteiger partial charge in [0.15, 0.2) is 0 Å². The van der Waals surface area contributed by atoms with E-state index in [9.17, 15) is 12.8 Å². The highest BCUT2D eigenvalue weighted by molar-refractivity contribution is 7.89. The van der Waals surface area contributed by atoms with Gasteiger partial charge in [-0.3, -0.25) is 4.98 Å².